The van der Waals surface area contributed by atoms with Gasteiger partial charge in [0.15, 0.2) is 5.16 Å². The van der Waals surface area contributed by atoms with Gasteiger partial charge in [0.05, 0.1) is 34.8 Å². The maximum absolute atomic E-state index is 13.2. The number of thioether (sulfide) groups is 1. The Morgan fingerprint density at radius 2 is 2.06 bits per heavy atom. The molecule has 7 nitrogen and oxygen atoms in total. The summed E-state index contributed by atoms with van der Waals surface area (Å²) in [5.41, 5.74) is 1.13. The van der Waals surface area contributed by atoms with Crippen molar-refractivity contribution in [2.45, 2.75) is 31.3 Å². The van der Waals surface area contributed by atoms with Gasteiger partial charge in [-0.25, -0.2) is 9.97 Å². The largest absolute Gasteiger partial charge is 0.467 e. The number of hydrogen-bond donors (Lipinski definition) is 1. The fraction of sp³-hybridized carbons (Fsp3) is 0.182. The molecule has 0 aliphatic heterocycles. The quantitative estimate of drug-likeness (QED) is 0.282. The van der Waals surface area contributed by atoms with E-state index >= 15 is 0 Å². The molecule has 0 saturated carbocycles. The van der Waals surface area contributed by atoms with Crippen LogP contribution in [0.15, 0.2) is 55.8 Å². The number of H-pyrrole nitrogens is 1. The summed E-state index contributed by atoms with van der Waals surface area (Å²) in [5, 5.41) is 2.10. The second kappa shape index (κ2) is 8.23. The van der Waals surface area contributed by atoms with Crippen LogP contribution in [0, 0.1) is 13.8 Å². The summed E-state index contributed by atoms with van der Waals surface area (Å²) in [7, 11) is 0. The molecule has 5 rings (SSSR count). The number of thiophene rings is 1. The lowest BCUT2D eigenvalue weighted by molar-refractivity contribution is 0.476. The van der Waals surface area contributed by atoms with E-state index < -0.39 is 0 Å². The zero-order valence-electron chi connectivity index (χ0n) is 17.1. The fourth-order valence-electron chi connectivity index (χ4n) is 3.48. The number of benzene rings is 1. The minimum atomic E-state index is -0.188. The van der Waals surface area contributed by atoms with Gasteiger partial charge < -0.3 is 9.40 Å². The first-order chi connectivity index (χ1) is 15.4. The molecule has 0 saturated heterocycles. The van der Waals surface area contributed by atoms with E-state index in [1.165, 1.54) is 23.1 Å². The van der Waals surface area contributed by atoms with Gasteiger partial charge in [-0.3, -0.25) is 14.2 Å². The minimum Gasteiger partial charge on any atom is -0.467 e. The molecule has 0 fully saturated rings. The van der Waals surface area contributed by atoms with Crippen LogP contribution < -0.4 is 11.1 Å². The van der Waals surface area contributed by atoms with Gasteiger partial charge in [-0.05, 0) is 49.7 Å². The molecule has 162 valence electrons. The molecule has 0 aliphatic rings. The molecular formula is C22H17ClN4O3S2. The van der Waals surface area contributed by atoms with Crippen molar-refractivity contribution < 1.29 is 4.42 Å². The van der Waals surface area contributed by atoms with Crippen LogP contribution in [-0.2, 0) is 12.3 Å². The average molecular weight is 485 g/mol. The molecule has 0 atom stereocenters. The number of aryl methyl sites for hydroxylation is 2. The van der Waals surface area contributed by atoms with Crippen molar-refractivity contribution in [1.82, 2.24) is 19.5 Å². The molecule has 10 heteroatoms. The molecule has 1 aromatic carbocycles. The Morgan fingerprint density at radius 3 is 2.84 bits per heavy atom. The lowest BCUT2D eigenvalue weighted by Crippen LogP contribution is -2.24. The molecule has 4 aromatic heterocycles. The number of aromatic nitrogens is 4. The average Bonchev–Trinajstić information content (AvgIpc) is 3.36. The van der Waals surface area contributed by atoms with E-state index in [1.807, 2.05) is 13.8 Å². The van der Waals surface area contributed by atoms with E-state index in [-0.39, 0.29) is 17.7 Å². The Labute approximate surface area is 195 Å². The normalized spacial score (nSPS) is 11.6. The first kappa shape index (κ1) is 21.0. The smallest absolute Gasteiger partial charge is 0.262 e. The Hall–Kier alpha value is -2.88. The standard InChI is InChI=1S/C22H17ClN4O3S2/c1-11-12(2)32-20-18(11)19(28)25-17(26-20)10-31-22-24-16-8-13(23)5-6-15(16)21(29)27(22)9-14-4-3-7-30-14/h3-8H,9-10H2,1-2H3,(H,25,26,28). The summed E-state index contributed by atoms with van der Waals surface area (Å²) >= 11 is 8.95. The van der Waals surface area contributed by atoms with E-state index in [0.29, 0.717) is 48.6 Å². The first-order valence-electron chi connectivity index (χ1n) is 9.75. The monoisotopic (exact) mass is 484 g/mol. The van der Waals surface area contributed by atoms with E-state index in [0.717, 1.165) is 10.4 Å². The SMILES string of the molecule is Cc1sc2nc(CSc3nc4cc(Cl)ccc4c(=O)n3Cc3ccco3)[nH]c(=O)c2c1C. The van der Waals surface area contributed by atoms with Crippen molar-refractivity contribution in [3.05, 3.63) is 84.4 Å². The molecule has 5 aromatic rings. The van der Waals surface area contributed by atoms with E-state index in [1.54, 1.807) is 41.2 Å². The summed E-state index contributed by atoms with van der Waals surface area (Å²) in [6, 6.07) is 8.60. The van der Waals surface area contributed by atoms with Crippen LogP contribution in [0.3, 0.4) is 0 Å². The highest BCUT2D eigenvalue weighted by molar-refractivity contribution is 7.98. The lowest BCUT2D eigenvalue weighted by atomic mass is 10.2. The second-order valence-electron chi connectivity index (χ2n) is 7.29. The summed E-state index contributed by atoms with van der Waals surface area (Å²) in [6.07, 6.45) is 1.57. The number of fused-ring (bicyclic) bond motifs is 2. The van der Waals surface area contributed by atoms with Gasteiger partial charge in [0.25, 0.3) is 11.1 Å². The van der Waals surface area contributed by atoms with Crippen molar-refractivity contribution in [1.29, 1.82) is 0 Å². The third-order valence-electron chi connectivity index (χ3n) is 5.20. The number of halogens is 1. The summed E-state index contributed by atoms with van der Waals surface area (Å²) in [4.78, 5) is 39.8. The number of nitrogens with zero attached hydrogens (tertiary/aromatic N) is 3. The zero-order valence-corrected chi connectivity index (χ0v) is 19.5. The Balaban J connectivity index is 1.56. The van der Waals surface area contributed by atoms with Crippen molar-refractivity contribution in [3.8, 4) is 0 Å². The van der Waals surface area contributed by atoms with Gasteiger partial charge in [-0.1, -0.05) is 23.4 Å². The molecule has 0 spiro atoms. The van der Waals surface area contributed by atoms with Crippen molar-refractivity contribution in [2.24, 2.45) is 0 Å². The molecule has 0 aliphatic carbocycles. The van der Waals surface area contributed by atoms with Gasteiger partial charge in [-0.15, -0.1) is 11.3 Å². The summed E-state index contributed by atoms with van der Waals surface area (Å²) in [6.45, 7) is 4.15. The van der Waals surface area contributed by atoms with Crippen LogP contribution >= 0.6 is 34.7 Å². The molecule has 1 N–H and O–H groups in total. The van der Waals surface area contributed by atoms with Crippen molar-refractivity contribution in [3.63, 3.8) is 0 Å². The number of rotatable bonds is 5. The van der Waals surface area contributed by atoms with E-state index in [2.05, 4.69) is 15.0 Å². The topological polar surface area (TPSA) is 93.8 Å². The Morgan fingerprint density at radius 1 is 1.22 bits per heavy atom. The second-order valence-corrected chi connectivity index (χ2v) is 9.87. The van der Waals surface area contributed by atoms with Crippen LogP contribution in [0.4, 0.5) is 0 Å². The lowest BCUT2D eigenvalue weighted by Gasteiger charge is -2.12. The van der Waals surface area contributed by atoms with Crippen LogP contribution in [0.2, 0.25) is 5.02 Å². The predicted octanol–water partition coefficient (Wildman–Crippen LogP) is 4.90. The van der Waals surface area contributed by atoms with Crippen LogP contribution in [0.5, 0.6) is 0 Å². The zero-order chi connectivity index (χ0) is 22.4. The molecule has 32 heavy (non-hydrogen) atoms. The molecular weight excluding hydrogens is 468 g/mol. The highest BCUT2D eigenvalue weighted by atomic mass is 35.5. The molecule has 0 radical (unpaired) electrons. The third kappa shape index (κ3) is 3.76. The number of aromatic amines is 1. The molecule has 0 unspecified atom stereocenters. The Bertz CT molecular complexity index is 1590. The number of furan rings is 1. The highest BCUT2D eigenvalue weighted by Gasteiger charge is 2.16. The summed E-state index contributed by atoms with van der Waals surface area (Å²) < 4.78 is 7.01. The summed E-state index contributed by atoms with van der Waals surface area (Å²) in [5.74, 6) is 1.51. The molecule has 4 heterocycles. The third-order valence-corrected chi connectivity index (χ3v) is 7.53. The molecule has 0 amide bonds. The van der Waals surface area contributed by atoms with Crippen LogP contribution in [-0.4, -0.2) is 19.5 Å². The maximum atomic E-state index is 13.2. The first-order valence-corrected chi connectivity index (χ1v) is 11.9. The highest BCUT2D eigenvalue weighted by Crippen LogP contribution is 2.27. The van der Waals surface area contributed by atoms with Gasteiger partial charge in [0.2, 0.25) is 0 Å². The van der Waals surface area contributed by atoms with Gasteiger partial charge in [0.1, 0.15) is 16.4 Å². The minimum absolute atomic E-state index is 0.154. The Kier molecular flexibility index (Phi) is 5.40. The van der Waals surface area contributed by atoms with Gasteiger partial charge >= 0.3 is 0 Å². The number of nitrogens with one attached hydrogen (secondary N) is 1. The maximum Gasteiger partial charge on any atom is 0.262 e. The molecule has 0 bridgehead atoms. The van der Waals surface area contributed by atoms with Crippen molar-refractivity contribution >= 4 is 55.8 Å². The number of hydrogen-bond acceptors (Lipinski definition) is 7. The fourth-order valence-corrected chi connectivity index (χ4v) is 5.57. The van der Waals surface area contributed by atoms with Gasteiger partial charge in [0, 0.05) is 9.90 Å². The van der Waals surface area contributed by atoms with Crippen LogP contribution in [0.1, 0.15) is 22.0 Å². The van der Waals surface area contributed by atoms with Crippen molar-refractivity contribution in [2.75, 3.05) is 0 Å². The predicted molar refractivity (Wildman–Crippen MR) is 128 cm³/mol. The van der Waals surface area contributed by atoms with Crippen LogP contribution in [0.25, 0.3) is 21.1 Å². The van der Waals surface area contributed by atoms with Gasteiger partial charge in [-0.2, -0.15) is 0 Å². The van der Waals surface area contributed by atoms with E-state index in [4.69, 9.17) is 16.0 Å². The van der Waals surface area contributed by atoms with E-state index in [9.17, 15) is 9.59 Å².